The number of fused-ring (bicyclic) bond motifs is 3. The summed E-state index contributed by atoms with van der Waals surface area (Å²) in [7, 11) is 1.37. The van der Waals surface area contributed by atoms with Crippen LogP contribution in [0, 0.1) is 0 Å². The molecule has 0 amide bonds. The smallest absolute Gasteiger partial charge is 0.337 e. The van der Waals surface area contributed by atoms with Crippen molar-refractivity contribution in [1.82, 2.24) is 5.01 Å². The van der Waals surface area contributed by atoms with Gasteiger partial charge in [0.25, 0.3) is 0 Å². The van der Waals surface area contributed by atoms with Gasteiger partial charge in [0.1, 0.15) is 11.5 Å². The summed E-state index contributed by atoms with van der Waals surface area (Å²) in [6.45, 7) is 2.49. The van der Waals surface area contributed by atoms with Crippen molar-refractivity contribution in [3.8, 4) is 11.5 Å². The number of para-hydroxylation sites is 1. The van der Waals surface area contributed by atoms with Gasteiger partial charge in [0.15, 0.2) is 11.5 Å². The van der Waals surface area contributed by atoms with Crippen LogP contribution in [0.25, 0.3) is 0 Å². The van der Waals surface area contributed by atoms with Gasteiger partial charge in [-0.1, -0.05) is 24.3 Å². The number of rotatable bonds is 5. The molecule has 3 heterocycles. The van der Waals surface area contributed by atoms with Crippen molar-refractivity contribution in [1.29, 1.82) is 0 Å². The van der Waals surface area contributed by atoms with E-state index >= 15 is 0 Å². The first kappa shape index (κ1) is 19.2. The predicted octanol–water partition coefficient (Wildman–Crippen LogP) is 4.71. The third kappa shape index (κ3) is 3.32. The molecular weight excluding hydrogens is 396 g/mol. The standard InChI is InChI=1S/C24H22N2O5/c1-3-29-21-7-4-6-17-19-14-18(20-8-5-13-30-20)25-26(19)23(31-22(17)21)15-9-11-16(12-10-15)24(27)28-2/h4-13,19,23H,3,14H2,1-2H3/t19-,23+/m0/s1. The Labute approximate surface area is 179 Å². The van der Waals surface area contributed by atoms with E-state index in [1.165, 1.54) is 7.11 Å². The van der Waals surface area contributed by atoms with Crippen LogP contribution in [0.3, 0.4) is 0 Å². The fourth-order valence-electron chi connectivity index (χ4n) is 4.07. The van der Waals surface area contributed by atoms with E-state index < -0.39 is 6.23 Å². The number of hydrogen-bond acceptors (Lipinski definition) is 7. The maximum Gasteiger partial charge on any atom is 0.337 e. The average Bonchev–Trinajstić information content (AvgIpc) is 3.49. The quantitative estimate of drug-likeness (QED) is 0.559. The second kappa shape index (κ2) is 7.83. The summed E-state index contributed by atoms with van der Waals surface area (Å²) < 4.78 is 22.7. The Morgan fingerprint density at radius 1 is 1.16 bits per heavy atom. The summed E-state index contributed by atoms with van der Waals surface area (Å²) in [6.07, 6.45) is 1.87. The Morgan fingerprint density at radius 3 is 2.71 bits per heavy atom. The number of hydrazone groups is 1. The zero-order valence-electron chi connectivity index (χ0n) is 17.3. The van der Waals surface area contributed by atoms with Crippen LogP contribution in [0.2, 0.25) is 0 Å². The van der Waals surface area contributed by atoms with Crippen LogP contribution >= 0.6 is 0 Å². The minimum atomic E-state index is -0.474. The van der Waals surface area contributed by atoms with Crippen molar-refractivity contribution >= 4 is 11.7 Å². The van der Waals surface area contributed by atoms with Crippen molar-refractivity contribution in [3.05, 3.63) is 83.3 Å². The zero-order chi connectivity index (χ0) is 21.4. The van der Waals surface area contributed by atoms with Gasteiger partial charge in [-0.15, -0.1) is 0 Å². The molecule has 2 aliphatic heterocycles. The van der Waals surface area contributed by atoms with Crippen LogP contribution in [0.5, 0.6) is 11.5 Å². The van der Waals surface area contributed by atoms with Gasteiger partial charge < -0.3 is 18.6 Å². The molecule has 0 saturated heterocycles. The number of nitrogens with zero attached hydrogens (tertiary/aromatic N) is 2. The molecule has 1 aromatic heterocycles. The van der Waals surface area contributed by atoms with E-state index in [-0.39, 0.29) is 12.0 Å². The number of hydrogen-bond donors (Lipinski definition) is 0. The van der Waals surface area contributed by atoms with E-state index in [2.05, 4.69) is 0 Å². The van der Waals surface area contributed by atoms with Gasteiger partial charge in [-0.05, 0) is 37.3 Å². The molecule has 7 heteroatoms. The van der Waals surface area contributed by atoms with Crippen LogP contribution in [-0.4, -0.2) is 30.4 Å². The molecule has 31 heavy (non-hydrogen) atoms. The van der Waals surface area contributed by atoms with E-state index in [1.54, 1.807) is 18.4 Å². The number of methoxy groups -OCH3 is 1. The largest absolute Gasteiger partial charge is 0.490 e. The van der Waals surface area contributed by atoms with Crippen LogP contribution < -0.4 is 9.47 Å². The van der Waals surface area contributed by atoms with E-state index in [9.17, 15) is 4.79 Å². The molecule has 0 fully saturated rings. The number of benzene rings is 2. The van der Waals surface area contributed by atoms with Crippen molar-refractivity contribution in [2.75, 3.05) is 13.7 Å². The van der Waals surface area contributed by atoms with Crippen molar-refractivity contribution in [2.24, 2.45) is 5.10 Å². The Balaban J connectivity index is 1.57. The van der Waals surface area contributed by atoms with Crippen LogP contribution in [0.15, 0.2) is 70.4 Å². The molecule has 2 aliphatic rings. The topological polar surface area (TPSA) is 73.5 Å². The second-order valence-electron chi connectivity index (χ2n) is 7.32. The predicted molar refractivity (Wildman–Crippen MR) is 113 cm³/mol. The summed E-state index contributed by atoms with van der Waals surface area (Å²) >= 11 is 0. The molecule has 0 saturated carbocycles. The monoisotopic (exact) mass is 418 g/mol. The SMILES string of the molecule is CCOc1cccc2c1O[C@H](c1ccc(C(=O)OC)cc1)N1N=C(c3ccco3)C[C@@H]21. The zero-order valence-corrected chi connectivity index (χ0v) is 17.3. The second-order valence-corrected chi connectivity index (χ2v) is 7.32. The Hall–Kier alpha value is -3.74. The summed E-state index contributed by atoms with van der Waals surface area (Å²) in [5.74, 6) is 1.81. The lowest BCUT2D eigenvalue weighted by atomic mass is 9.97. The molecule has 2 atom stereocenters. The van der Waals surface area contributed by atoms with Gasteiger partial charge >= 0.3 is 5.97 Å². The van der Waals surface area contributed by atoms with Crippen LogP contribution in [-0.2, 0) is 4.74 Å². The molecule has 3 aromatic rings. The van der Waals surface area contributed by atoms with Gasteiger partial charge in [0, 0.05) is 17.5 Å². The molecule has 7 nitrogen and oxygen atoms in total. The van der Waals surface area contributed by atoms with Crippen LogP contribution in [0.4, 0.5) is 0 Å². The highest BCUT2D eigenvalue weighted by Gasteiger charge is 2.42. The van der Waals surface area contributed by atoms with E-state index in [0.29, 0.717) is 24.3 Å². The fraction of sp³-hybridized carbons (Fsp3) is 0.250. The summed E-state index contributed by atoms with van der Waals surface area (Å²) in [4.78, 5) is 11.8. The van der Waals surface area contributed by atoms with Crippen molar-refractivity contribution in [3.63, 3.8) is 0 Å². The fourth-order valence-corrected chi connectivity index (χ4v) is 4.07. The maximum absolute atomic E-state index is 11.8. The summed E-state index contributed by atoms with van der Waals surface area (Å²) in [5.41, 5.74) is 3.25. The Kier molecular flexibility index (Phi) is 4.86. The van der Waals surface area contributed by atoms with E-state index in [0.717, 1.165) is 28.3 Å². The lowest BCUT2D eigenvalue weighted by Crippen LogP contribution is -2.34. The molecule has 0 unspecified atom stereocenters. The molecule has 158 valence electrons. The van der Waals surface area contributed by atoms with Crippen molar-refractivity contribution < 1.29 is 23.4 Å². The molecule has 2 aromatic carbocycles. The average molecular weight is 418 g/mol. The first-order valence-electron chi connectivity index (χ1n) is 10.2. The van der Waals surface area contributed by atoms with Crippen LogP contribution in [0.1, 0.15) is 52.9 Å². The Bertz CT molecular complexity index is 1120. The van der Waals surface area contributed by atoms with E-state index in [4.69, 9.17) is 23.7 Å². The van der Waals surface area contributed by atoms with E-state index in [1.807, 2.05) is 54.4 Å². The third-order valence-electron chi connectivity index (χ3n) is 5.50. The molecular formula is C24H22N2O5. The third-order valence-corrected chi connectivity index (χ3v) is 5.50. The summed E-state index contributed by atoms with van der Waals surface area (Å²) in [5, 5.41) is 6.82. The molecule has 0 aliphatic carbocycles. The van der Waals surface area contributed by atoms with Gasteiger partial charge in [-0.25, -0.2) is 9.80 Å². The molecule has 0 radical (unpaired) electrons. The van der Waals surface area contributed by atoms with Gasteiger partial charge in [-0.3, -0.25) is 0 Å². The minimum Gasteiger partial charge on any atom is -0.490 e. The highest BCUT2D eigenvalue weighted by atomic mass is 16.5. The number of esters is 1. The van der Waals surface area contributed by atoms with Crippen molar-refractivity contribution in [2.45, 2.75) is 25.6 Å². The molecule has 0 bridgehead atoms. The van der Waals surface area contributed by atoms with Gasteiger partial charge in [-0.2, -0.15) is 5.10 Å². The Morgan fingerprint density at radius 2 is 2.00 bits per heavy atom. The highest BCUT2D eigenvalue weighted by Crippen LogP contribution is 2.50. The van der Waals surface area contributed by atoms with Gasteiger partial charge in [0.05, 0.1) is 31.6 Å². The lowest BCUT2D eigenvalue weighted by Gasteiger charge is -2.38. The minimum absolute atomic E-state index is 0.0189. The van der Waals surface area contributed by atoms with Gasteiger partial charge in [0.2, 0.25) is 6.23 Å². The first-order chi connectivity index (χ1) is 15.2. The molecule has 5 rings (SSSR count). The normalized spacial score (nSPS) is 19.2. The number of carbonyl (C=O) groups is 1. The maximum atomic E-state index is 11.8. The number of furan rings is 1. The number of carbonyl (C=O) groups excluding carboxylic acids is 1. The summed E-state index contributed by atoms with van der Waals surface area (Å²) in [6, 6.07) is 16.9. The molecule has 0 N–H and O–H groups in total. The molecule has 0 spiro atoms. The lowest BCUT2D eigenvalue weighted by molar-refractivity contribution is -0.0212. The first-order valence-corrected chi connectivity index (χ1v) is 10.2. The number of ether oxygens (including phenoxy) is 3. The highest BCUT2D eigenvalue weighted by molar-refractivity contribution is 5.99.